The van der Waals surface area contributed by atoms with Gasteiger partial charge in [-0.15, -0.1) is 0 Å². The van der Waals surface area contributed by atoms with Gasteiger partial charge >= 0.3 is 0 Å². The molecule has 37 heavy (non-hydrogen) atoms. The van der Waals surface area contributed by atoms with Gasteiger partial charge in [0.1, 0.15) is 6.17 Å². The normalized spacial score (nSPS) is 16.3. The molecule has 1 aliphatic carbocycles. The summed E-state index contributed by atoms with van der Waals surface area (Å²) in [5.41, 5.74) is 5.93. The maximum Gasteiger partial charge on any atom is 0.189 e. The smallest absolute Gasteiger partial charge is 0.189 e. The highest BCUT2D eigenvalue weighted by atomic mass is 35.5. The highest BCUT2D eigenvalue weighted by molar-refractivity contribution is 6.31. The van der Waals surface area contributed by atoms with Crippen LogP contribution >= 0.6 is 23.2 Å². The van der Waals surface area contributed by atoms with Crippen molar-refractivity contribution >= 4 is 34.6 Å². The Morgan fingerprint density at radius 2 is 1.51 bits per heavy atom. The minimum Gasteiger partial charge on any atom is -0.366 e. The minimum absolute atomic E-state index is 0.0517. The first kappa shape index (κ1) is 32.3. The van der Waals surface area contributed by atoms with Crippen molar-refractivity contribution in [2.75, 3.05) is 0 Å². The van der Waals surface area contributed by atoms with Crippen LogP contribution < -0.4 is 5.32 Å². The zero-order chi connectivity index (χ0) is 28.0. The number of fused-ring (bicyclic) bond motifs is 2. The molecule has 0 bridgehead atoms. The summed E-state index contributed by atoms with van der Waals surface area (Å²) in [5, 5.41) is 4.70. The molecule has 1 atom stereocenters. The summed E-state index contributed by atoms with van der Waals surface area (Å²) in [7, 11) is 0. The molecule has 2 heterocycles. The van der Waals surface area contributed by atoms with Gasteiger partial charge in [-0.2, -0.15) is 0 Å². The van der Waals surface area contributed by atoms with E-state index in [4.69, 9.17) is 23.2 Å². The molecule has 200 valence electrons. The summed E-state index contributed by atoms with van der Waals surface area (Å²) in [6.45, 7) is 16.0. The molecular formula is C32H42Cl2N2O. The van der Waals surface area contributed by atoms with Gasteiger partial charge in [0.05, 0.1) is 0 Å². The second-order valence-electron chi connectivity index (χ2n) is 7.29. The highest BCUT2D eigenvalue weighted by Crippen LogP contribution is 2.41. The number of allylic oxidation sites excluding steroid dienone is 5. The lowest BCUT2D eigenvalue weighted by atomic mass is 9.83. The van der Waals surface area contributed by atoms with Gasteiger partial charge in [0.15, 0.2) is 5.78 Å². The Morgan fingerprint density at radius 1 is 0.865 bits per heavy atom. The largest absolute Gasteiger partial charge is 0.366 e. The summed E-state index contributed by atoms with van der Waals surface area (Å²) in [5.74, 6) is 0.0517. The number of Topliss-reactive ketones (excluding diaryl/α,β-unsaturated/α-hetero) is 1. The molecule has 0 radical (unpaired) electrons. The van der Waals surface area contributed by atoms with Crippen LogP contribution in [0.5, 0.6) is 0 Å². The number of rotatable bonds is 3. The van der Waals surface area contributed by atoms with Crippen molar-refractivity contribution in [3.8, 4) is 0 Å². The second kappa shape index (κ2) is 16.9. The van der Waals surface area contributed by atoms with E-state index in [0.29, 0.717) is 22.0 Å². The number of nitrogens with zero attached hydrogens (tertiary/aromatic N) is 1. The number of ketones is 1. The van der Waals surface area contributed by atoms with Gasteiger partial charge in [-0.3, -0.25) is 4.79 Å². The highest BCUT2D eigenvalue weighted by Gasteiger charge is 2.32. The van der Waals surface area contributed by atoms with Crippen LogP contribution in [0.25, 0.3) is 5.57 Å². The molecule has 0 saturated carbocycles. The Morgan fingerprint density at radius 3 is 2.14 bits per heavy atom. The summed E-state index contributed by atoms with van der Waals surface area (Å²) in [6, 6.07) is 14.9. The van der Waals surface area contributed by atoms with Gasteiger partial charge in [-0.05, 0) is 72.5 Å². The lowest BCUT2D eigenvalue weighted by molar-refractivity contribution is 0.103. The SMILES string of the molecule is CC.CC.CC.CC.O=C(C1=CC2=C(CC1)N1C=CNC1C=C2c1cccc(Cl)c1)c1ccc(Cl)cc1. The van der Waals surface area contributed by atoms with Crippen LogP contribution in [0.4, 0.5) is 0 Å². The molecule has 2 aliphatic heterocycles. The molecule has 3 aliphatic rings. The third kappa shape index (κ3) is 7.87. The van der Waals surface area contributed by atoms with E-state index < -0.39 is 0 Å². The van der Waals surface area contributed by atoms with E-state index in [1.165, 1.54) is 5.70 Å². The predicted molar refractivity (Wildman–Crippen MR) is 163 cm³/mol. The molecule has 0 saturated heterocycles. The fourth-order valence-electron chi connectivity index (χ4n) is 4.12. The number of nitrogens with one attached hydrogen (secondary N) is 1. The standard InChI is InChI=1S/C24H18Cl2N2O.4C2H6/c25-18-7-4-15(5-8-18)24(29)17-6-9-22-21(13-17)20(14-23-27-10-11-28(22)23)16-2-1-3-19(26)12-16;4*1-2/h1-5,7-8,10-14,23,27H,6,9H2;4*1-2H3. The predicted octanol–water partition coefficient (Wildman–Crippen LogP) is 10.1. The molecule has 0 aromatic heterocycles. The van der Waals surface area contributed by atoms with Crippen LogP contribution in [0.15, 0.2) is 89.9 Å². The van der Waals surface area contributed by atoms with E-state index in [2.05, 4.69) is 28.6 Å². The van der Waals surface area contributed by atoms with E-state index in [1.807, 2.05) is 85.9 Å². The van der Waals surface area contributed by atoms with E-state index in [1.54, 1.807) is 24.3 Å². The number of carbonyl (C=O) groups is 1. The van der Waals surface area contributed by atoms with E-state index in [9.17, 15) is 4.79 Å². The second-order valence-corrected chi connectivity index (χ2v) is 8.16. The van der Waals surface area contributed by atoms with Gasteiger partial charge in [0, 0.05) is 44.9 Å². The molecule has 0 spiro atoms. The van der Waals surface area contributed by atoms with Crippen molar-refractivity contribution in [1.29, 1.82) is 0 Å². The maximum absolute atomic E-state index is 13.1. The summed E-state index contributed by atoms with van der Waals surface area (Å²) >= 11 is 12.2. The molecule has 0 fully saturated rings. The zero-order valence-electron chi connectivity index (χ0n) is 23.5. The molecule has 0 amide bonds. The molecule has 5 heteroatoms. The molecule has 2 aromatic carbocycles. The quantitative estimate of drug-likeness (QED) is 0.393. The number of carbonyl (C=O) groups excluding carboxylic acids is 1. The van der Waals surface area contributed by atoms with Crippen molar-refractivity contribution in [3.63, 3.8) is 0 Å². The first-order chi connectivity index (χ1) is 18.1. The van der Waals surface area contributed by atoms with Crippen LogP contribution in [0.3, 0.4) is 0 Å². The van der Waals surface area contributed by atoms with Crippen molar-refractivity contribution in [2.45, 2.75) is 74.4 Å². The lowest BCUT2D eigenvalue weighted by Gasteiger charge is -2.36. The van der Waals surface area contributed by atoms with E-state index >= 15 is 0 Å². The van der Waals surface area contributed by atoms with Gasteiger partial charge in [0.25, 0.3) is 0 Å². The molecule has 1 N–H and O–H groups in total. The van der Waals surface area contributed by atoms with Crippen molar-refractivity contribution in [3.05, 3.63) is 111 Å². The third-order valence-corrected chi connectivity index (χ3v) is 6.01. The van der Waals surface area contributed by atoms with Gasteiger partial charge < -0.3 is 10.2 Å². The molecular weight excluding hydrogens is 499 g/mol. The van der Waals surface area contributed by atoms with Crippen molar-refractivity contribution in [1.82, 2.24) is 10.2 Å². The van der Waals surface area contributed by atoms with Crippen LogP contribution in [0, 0.1) is 0 Å². The average Bonchev–Trinajstić information content (AvgIpc) is 3.46. The maximum atomic E-state index is 13.1. The Hall–Kier alpha value is -2.75. The Kier molecular flexibility index (Phi) is 14.7. The summed E-state index contributed by atoms with van der Waals surface area (Å²) < 4.78 is 0. The van der Waals surface area contributed by atoms with E-state index in [0.717, 1.165) is 28.7 Å². The molecule has 5 rings (SSSR count). The summed E-state index contributed by atoms with van der Waals surface area (Å²) in [6.07, 6.45) is 9.86. The Bertz CT molecular complexity index is 1130. The number of hydrogen-bond donors (Lipinski definition) is 1. The number of hydrogen-bond acceptors (Lipinski definition) is 3. The fourth-order valence-corrected chi connectivity index (χ4v) is 4.44. The fraction of sp³-hybridized carbons (Fsp3) is 0.344. The molecule has 2 aromatic rings. The van der Waals surface area contributed by atoms with Crippen LogP contribution in [-0.4, -0.2) is 16.8 Å². The first-order valence-corrected chi connectivity index (χ1v) is 14.3. The molecule has 1 unspecified atom stereocenters. The number of halogens is 2. The first-order valence-electron chi connectivity index (χ1n) is 13.5. The molecule has 3 nitrogen and oxygen atoms in total. The summed E-state index contributed by atoms with van der Waals surface area (Å²) in [4.78, 5) is 15.3. The third-order valence-electron chi connectivity index (χ3n) is 5.52. The Balaban J connectivity index is 0.000000784. The Labute approximate surface area is 234 Å². The van der Waals surface area contributed by atoms with Gasteiger partial charge in [0.2, 0.25) is 0 Å². The average molecular weight is 542 g/mol. The monoisotopic (exact) mass is 540 g/mol. The van der Waals surface area contributed by atoms with Crippen molar-refractivity contribution < 1.29 is 4.79 Å². The lowest BCUT2D eigenvalue weighted by Crippen LogP contribution is -2.37. The van der Waals surface area contributed by atoms with Crippen molar-refractivity contribution in [2.24, 2.45) is 0 Å². The zero-order valence-corrected chi connectivity index (χ0v) is 25.0. The van der Waals surface area contributed by atoms with E-state index in [-0.39, 0.29) is 11.9 Å². The minimum atomic E-state index is 0.0517. The van der Waals surface area contributed by atoms with Crippen LogP contribution in [0.1, 0.15) is 84.2 Å². The van der Waals surface area contributed by atoms with Gasteiger partial charge in [-0.25, -0.2) is 0 Å². The number of benzene rings is 2. The van der Waals surface area contributed by atoms with Crippen LogP contribution in [-0.2, 0) is 0 Å². The van der Waals surface area contributed by atoms with Gasteiger partial charge in [-0.1, -0.05) is 90.7 Å². The van der Waals surface area contributed by atoms with Crippen LogP contribution in [0.2, 0.25) is 10.0 Å². The topological polar surface area (TPSA) is 32.3 Å².